The fourth-order valence-electron chi connectivity index (χ4n) is 1.81. The fourth-order valence-corrected chi connectivity index (χ4v) is 4.40. The minimum Gasteiger partial charge on any atom is -0.508 e. The average molecular weight is 296 g/mol. The van der Waals surface area contributed by atoms with Crippen LogP contribution < -0.4 is 0 Å². The molecule has 5 nitrogen and oxygen atoms in total. The number of benzene rings is 1. The summed E-state index contributed by atoms with van der Waals surface area (Å²) < 4.78 is 5.20. The van der Waals surface area contributed by atoms with Crippen molar-refractivity contribution in [3.8, 4) is 23.0 Å². The van der Waals surface area contributed by atoms with Crippen LogP contribution in [-0.4, -0.2) is 37.6 Å². The fraction of sp³-hybridized carbons (Fsp3) is 0.333. The van der Waals surface area contributed by atoms with E-state index in [1.165, 1.54) is 12.1 Å². The summed E-state index contributed by atoms with van der Waals surface area (Å²) in [5.41, 5.74) is 0.435. The van der Waals surface area contributed by atoms with Crippen LogP contribution in [0.5, 0.6) is 11.5 Å². The molecule has 1 fully saturated rings. The van der Waals surface area contributed by atoms with Gasteiger partial charge in [-0.1, -0.05) is 5.16 Å². The number of aromatic nitrogens is 2. The molecule has 0 bridgehead atoms. The van der Waals surface area contributed by atoms with Crippen molar-refractivity contribution in [2.24, 2.45) is 0 Å². The Morgan fingerprint density at radius 1 is 1.26 bits per heavy atom. The minimum atomic E-state index is -0.0686. The Morgan fingerprint density at radius 3 is 2.89 bits per heavy atom. The van der Waals surface area contributed by atoms with Crippen molar-refractivity contribution in [2.45, 2.75) is 5.25 Å². The second-order valence-electron chi connectivity index (χ2n) is 4.09. The molecular weight excluding hydrogens is 284 g/mol. The SMILES string of the molecule is Oc1ccc(-c2nc(C3CSCCS3)no2)c(O)c1. The van der Waals surface area contributed by atoms with Crippen molar-refractivity contribution in [2.75, 3.05) is 17.3 Å². The van der Waals surface area contributed by atoms with Gasteiger partial charge in [-0.3, -0.25) is 0 Å². The van der Waals surface area contributed by atoms with E-state index in [-0.39, 0.29) is 22.6 Å². The van der Waals surface area contributed by atoms with Crippen molar-refractivity contribution in [3.05, 3.63) is 24.0 Å². The quantitative estimate of drug-likeness (QED) is 0.882. The molecule has 1 aliphatic heterocycles. The standard InChI is InChI=1S/C12H12N2O3S2/c15-7-1-2-8(9(16)5-7)12-13-11(14-17-12)10-6-18-3-4-19-10/h1-2,5,10,15-16H,3-4,6H2. The lowest BCUT2D eigenvalue weighted by atomic mass is 10.2. The lowest BCUT2D eigenvalue weighted by molar-refractivity contribution is 0.416. The van der Waals surface area contributed by atoms with Crippen LogP contribution in [0.1, 0.15) is 11.1 Å². The lowest BCUT2D eigenvalue weighted by Crippen LogP contribution is -2.07. The van der Waals surface area contributed by atoms with Gasteiger partial charge in [-0.25, -0.2) is 0 Å². The first-order chi connectivity index (χ1) is 9.24. The Balaban J connectivity index is 1.87. The third-order valence-corrected chi connectivity index (χ3v) is 5.51. The molecule has 1 aromatic carbocycles. The molecule has 1 aliphatic rings. The van der Waals surface area contributed by atoms with Crippen molar-refractivity contribution < 1.29 is 14.7 Å². The number of phenolic OH excluding ortho intramolecular Hbond substituents is 2. The molecule has 0 spiro atoms. The number of rotatable bonds is 2. The number of hydrogen-bond donors (Lipinski definition) is 2. The van der Waals surface area contributed by atoms with E-state index in [9.17, 15) is 10.2 Å². The summed E-state index contributed by atoms with van der Waals surface area (Å²) in [5, 5.41) is 23.3. The second kappa shape index (κ2) is 5.34. The second-order valence-corrected chi connectivity index (χ2v) is 6.55. The topological polar surface area (TPSA) is 79.4 Å². The molecule has 1 saturated heterocycles. The molecule has 1 unspecified atom stereocenters. The highest BCUT2D eigenvalue weighted by molar-refractivity contribution is 8.06. The van der Waals surface area contributed by atoms with Gasteiger partial charge in [0.25, 0.3) is 5.89 Å². The van der Waals surface area contributed by atoms with E-state index in [0.29, 0.717) is 11.4 Å². The Bertz CT molecular complexity index is 582. The van der Waals surface area contributed by atoms with Gasteiger partial charge >= 0.3 is 0 Å². The van der Waals surface area contributed by atoms with E-state index < -0.39 is 0 Å². The third kappa shape index (κ3) is 2.66. The molecule has 7 heteroatoms. The zero-order valence-electron chi connectivity index (χ0n) is 9.94. The van der Waals surface area contributed by atoms with Crippen LogP contribution in [0.3, 0.4) is 0 Å². The molecule has 100 valence electrons. The molecule has 0 radical (unpaired) electrons. The first-order valence-electron chi connectivity index (χ1n) is 5.79. The van der Waals surface area contributed by atoms with Crippen LogP contribution in [0.25, 0.3) is 11.5 Å². The summed E-state index contributed by atoms with van der Waals surface area (Å²) >= 11 is 3.71. The van der Waals surface area contributed by atoms with Gasteiger partial charge < -0.3 is 14.7 Å². The number of nitrogens with zero attached hydrogens (tertiary/aromatic N) is 2. The summed E-state index contributed by atoms with van der Waals surface area (Å²) in [7, 11) is 0. The summed E-state index contributed by atoms with van der Waals surface area (Å²) in [5.74, 6) is 4.10. The normalized spacial score (nSPS) is 19.5. The molecule has 0 aliphatic carbocycles. The zero-order chi connectivity index (χ0) is 13.2. The predicted molar refractivity (Wildman–Crippen MR) is 75.6 cm³/mol. The monoisotopic (exact) mass is 296 g/mol. The molecule has 1 aromatic heterocycles. The minimum absolute atomic E-state index is 0.000208. The van der Waals surface area contributed by atoms with Gasteiger partial charge in [0.1, 0.15) is 11.5 Å². The van der Waals surface area contributed by atoms with Crippen LogP contribution in [-0.2, 0) is 0 Å². The van der Waals surface area contributed by atoms with Crippen molar-refractivity contribution in [3.63, 3.8) is 0 Å². The maximum absolute atomic E-state index is 9.77. The Hall–Kier alpha value is -1.34. The first kappa shape index (κ1) is 12.7. The summed E-state index contributed by atoms with van der Waals surface area (Å²) in [4.78, 5) is 4.34. The van der Waals surface area contributed by atoms with Gasteiger partial charge in [0.15, 0.2) is 5.82 Å². The summed E-state index contributed by atoms with van der Waals surface area (Å²) in [6.45, 7) is 0. The van der Waals surface area contributed by atoms with Gasteiger partial charge in [0.2, 0.25) is 0 Å². The molecule has 2 heterocycles. The van der Waals surface area contributed by atoms with Gasteiger partial charge in [-0.2, -0.15) is 16.7 Å². The van der Waals surface area contributed by atoms with Gasteiger partial charge in [0.05, 0.1) is 10.8 Å². The van der Waals surface area contributed by atoms with Crippen LogP contribution >= 0.6 is 23.5 Å². The van der Waals surface area contributed by atoms with Gasteiger partial charge in [-0.15, -0.1) is 11.8 Å². The zero-order valence-corrected chi connectivity index (χ0v) is 11.6. The van der Waals surface area contributed by atoms with Crippen molar-refractivity contribution in [1.29, 1.82) is 0 Å². The molecule has 19 heavy (non-hydrogen) atoms. The third-order valence-electron chi connectivity index (χ3n) is 2.76. The molecule has 2 aromatic rings. The highest BCUT2D eigenvalue weighted by Crippen LogP contribution is 2.37. The maximum atomic E-state index is 9.77. The Morgan fingerprint density at radius 2 is 2.16 bits per heavy atom. The molecule has 1 atom stereocenters. The summed E-state index contributed by atoms with van der Waals surface area (Å²) in [6.07, 6.45) is 0. The van der Waals surface area contributed by atoms with E-state index in [1.54, 1.807) is 6.07 Å². The van der Waals surface area contributed by atoms with E-state index in [4.69, 9.17) is 4.52 Å². The van der Waals surface area contributed by atoms with Crippen LogP contribution in [0.15, 0.2) is 22.7 Å². The Kier molecular flexibility index (Phi) is 3.56. The molecule has 3 rings (SSSR count). The number of phenols is 2. The largest absolute Gasteiger partial charge is 0.508 e. The highest BCUT2D eigenvalue weighted by atomic mass is 32.2. The molecule has 0 saturated carbocycles. The molecule has 2 N–H and O–H groups in total. The van der Waals surface area contributed by atoms with Crippen LogP contribution in [0, 0.1) is 0 Å². The average Bonchev–Trinajstić information content (AvgIpc) is 2.89. The van der Waals surface area contributed by atoms with E-state index in [1.807, 2.05) is 23.5 Å². The molecular formula is C12H12N2O3S2. The van der Waals surface area contributed by atoms with E-state index >= 15 is 0 Å². The molecule has 0 amide bonds. The van der Waals surface area contributed by atoms with E-state index in [2.05, 4.69) is 10.1 Å². The first-order valence-corrected chi connectivity index (χ1v) is 7.99. The highest BCUT2D eigenvalue weighted by Gasteiger charge is 2.23. The van der Waals surface area contributed by atoms with Gasteiger partial charge in [-0.05, 0) is 12.1 Å². The number of hydrogen-bond acceptors (Lipinski definition) is 7. The van der Waals surface area contributed by atoms with E-state index in [0.717, 1.165) is 17.3 Å². The number of thioether (sulfide) groups is 2. The van der Waals surface area contributed by atoms with Crippen molar-refractivity contribution in [1.82, 2.24) is 10.1 Å². The lowest BCUT2D eigenvalue weighted by Gasteiger charge is -2.16. The van der Waals surface area contributed by atoms with Gasteiger partial charge in [0, 0.05) is 23.3 Å². The smallest absolute Gasteiger partial charge is 0.261 e. The maximum Gasteiger partial charge on any atom is 0.261 e. The summed E-state index contributed by atoms with van der Waals surface area (Å²) in [6, 6.07) is 4.29. The number of aromatic hydroxyl groups is 2. The van der Waals surface area contributed by atoms with Crippen LogP contribution in [0.4, 0.5) is 0 Å². The van der Waals surface area contributed by atoms with Crippen LogP contribution in [0.2, 0.25) is 0 Å². The predicted octanol–water partition coefficient (Wildman–Crippen LogP) is 2.67. The van der Waals surface area contributed by atoms with Crippen molar-refractivity contribution >= 4 is 23.5 Å². The Labute approximate surface area is 118 Å².